The number of piperazine rings is 1. The van der Waals surface area contributed by atoms with Crippen molar-refractivity contribution in [1.29, 1.82) is 0 Å². The van der Waals surface area contributed by atoms with Crippen LogP contribution >= 0.6 is 11.6 Å². The van der Waals surface area contributed by atoms with Crippen LogP contribution in [0.1, 0.15) is 62.6 Å². The van der Waals surface area contributed by atoms with Crippen LogP contribution in [-0.2, 0) is 13.0 Å². The Bertz CT molecular complexity index is 1570. The highest BCUT2D eigenvalue weighted by atomic mass is 35.5. The molecule has 5 unspecified atom stereocenters. The quantitative estimate of drug-likeness (QED) is 0.410. The summed E-state index contributed by atoms with van der Waals surface area (Å²) in [5.74, 6) is 2.15. The minimum Gasteiger partial charge on any atom is -0.508 e. The van der Waals surface area contributed by atoms with Crippen LogP contribution in [-0.4, -0.2) is 76.4 Å². The summed E-state index contributed by atoms with van der Waals surface area (Å²) >= 11 is 6.73. The first-order valence-corrected chi connectivity index (χ1v) is 16.9. The van der Waals surface area contributed by atoms with Gasteiger partial charge < -0.3 is 25.0 Å². The number of hydrogen-bond donors (Lipinski definition) is 2. The molecule has 0 amide bonds. The molecule has 0 radical (unpaired) electrons. The maximum absolute atomic E-state index is 10.6. The molecular formula is C34H41ClN6O2. The number of rotatable bonds is 5. The maximum Gasteiger partial charge on any atom is 0.318 e. The van der Waals surface area contributed by atoms with Gasteiger partial charge in [0.25, 0.3) is 0 Å². The Morgan fingerprint density at radius 1 is 1.02 bits per heavy atom. The topological polar surface area (TPSA) is 77.0 Å². The summed E-state index contributed by atoms with van der Waals surface area (Å²) in [4.78, 5) is 17.9. The number of aromatic nitrogens is 2. The summed E-state index contributed by atoms with van der Waals surface area (Å²) in [5.41, 5.74) is 3.38. The van der Waals surface area contributed by atoms with Gasteiger partial charge in [-0.3, -0.25) is 4.90 Å². The van der Waals surface area contributed by atoms with Gasteiger partial charge in [0.15, 0.2) is 0 Å². The van der Waals surface area contributed by atoms with Crippen LogP contribution in [0.5, 0.6) is 11.8 Å². The van der Waals surface area contributed by atoms with E-state index in [-0.39, 0.29) is 11.3 Å². The summed E-state index contributed by atoms with van der Waals surface area (Å²) < 4.78 is 6.69. The number of hydrogen-bond acceptors (Lipinski definition) is 8. The predicted molar refractivity (Wildman–Crippen MR) is 169 cm³/mol. The van der Waals surface area contributed by atoms with E-state index in [2.05, 4.69) is 20.0 Å². The van der Waals surface area contributed by atoms with Gasteiger partial charge in [-0.15, -0.1) is 0 Å². The van der Waals surface area contributed by atoms with E-state index in [4.69, 9.17) is 26.3 Å². The average molecular weight is 601 g/mol. The Hall–Kier alpha value is -2.81. The molecule has 1 aromatic heterocycles. The molecule has 9 rings (SSSR count). The van der Waals surface area contributed by atoms with E-state index in [9.17, 15) is 5.11 Å². The van der Waals surface area contributed by atoms with Gasteiger partial charge in [-0.2, -0.15) is 9.97 Å². The molecule has 6 aliphatic rings. The Balaban J connectivity index is 1.06. The van der Waals surface area contributed by atoms with Gasteiger partial charge in [0.1, 0.15) is 18.2 Å². The normalized spacial score (nSPS) is 31.5. The van der Waals surface area contributed by atoms with Gasteiger partial charge in [-0.25, -0.2) is 0 Å². The van der Waals surface area contributed by atoms with E-state index in [0.717, 1.165) is 66.0 Å². The van der Waals surface area contributed by atoms with E-state index >= 15 is 0 Å². The number of fused-ring (bicyclic) bond motifs is 7. The number of phenolic OH excluding ortho intramolecular Hbond substituents is 1. The van der Waals surface area contributed by atoms with Gasteiger partial charge in [-0.1, -0.05) is 30.2 Å². The van der Waals surface area contributed by atoms with Crippen molar-refractivity contribution in [1.82, 2.24) is 20.2 Å². The molecule has 2 N–H and O–H groups in total. The van der Waals surface area contributed by atoms with Crippen LogP contribution in [0.15, 0.2) is 30.3 Å². The van der Waals surface area contributed by atoms with Crippen molar-refractivity contribution >= 4 is 33.9 Å². The smallest absolute Gasteiger partial charge is 0.318 e. The first-order chi connectivity index (χ1) is 21.0. The SMILES string of the molecule is Oc1cc(N2CCc3c(nc(OCC45CCCN4C4CCCC4C5)nc3N3CC4CCC(C3)N4)C2)c2c(Cl)cccc2c1. The van der Waals surface area contributed by atoms with Crippen LogP contribution in [0.25, 0.3) is 10.8 Å². The summed E-state index contributed by atoms with van der Waals surface area (Å²) in [6, 6.07) is 11.8. The molecule has 2 bridgehead atoms. The molecular weight excluding hydrogens is 560 g/mol. The molecule has 5 aliphatic heterocycles. The van der Waals surface area contributed by atoms with E-state index in [1.54, 1.807) is 6.07 Å². The van der Waals surface area contributed by atoms with E-state index < -0.39 is 0 Å². The highest BCUT2D eigenvalue weighted by molar-refractivity contribution is 6.36. The minimum atomic E-state index is 0.145. The van der Waals surface area contributed by atoms with E-state index in [1.165, 1.54) is 63.5 Å². The third-order valence-electron chi connectivity index (χ3n) is 11.6. The lowest BCUT2D eigenvalue weighted by Gasteiger charge is -2.38. The molecule has 0 spiro atoms. The van der Waals surface area contributed by atoms with E-state index in [0.29, 0.717) is 36.3 Å². The lowest BCUT2D eigenvalue weighted by Crippen LogP contribution is -2.52. The number of nitrogens with one attached hydrogen (secondary N) is 1. The molecule has 6 heterocycles. The lowest BCUT2D eigenvalue weighted by atomic mass is 9.90. The molecule has 5 fully saturated rings. The molecule has 1 saturated carbocycles. The van der Waals surface area contributed by atoms with Gasteiger partial charge in [0, 0.05) is 54.8 Å². The lowest BCUT2D eigenvalue weighted by molar-refractivity contribution is 0.0829. The van der Waals surface area contributed by atoms with Crippen LogP contribution in [0, 0.1) is 5.92 Å². The van der Waals surface area contributed by atoms with Crippen molar-refractivity contribution in [2.75, 3.05) is 42.6 Å². The summed E-state index contributed by atoms with van der Waals surface area (Å²) in [6.07, 6.45) is 11.2. The number of benzene rings is 2. The first-order valence-electron chi connectivity index (χ1n) is 16.5. The molecule has 5 atom stereocenters. The molecule has 3 aromatic rings. The molecule has 4 saturated heterocycles. The molecule has 8 nitrogen and oxygen atoms in total. The van der Waals surface area contributed by atoms with E-state index in [1.807, 2.05) is 24.3 Å². The van der Waals surface area contributed by atoms with Crippen molar-refractivity contribution in [2.45, 2.75) is 88.0 Å². The Labute approximate surface area is 258 Å². The second-order valence-electron chi connectivity index (χ2n) is 14.0. The number of nitrogens with zero attached hydrogens (tertiary/aromatic N) is 5. The fourth-order valence-electron chi connectivity index (χ4n) is 9.75. The van der Waals surface area contributed by atoms with Gasteiger partial charge in [0.2, 0.25) is 0 Å². The van der Waals surface area contributed by atoms with Gasteiger partial charge in [0.05, 0.1) is 28.5 Å². The number of ether oxygens (including phenoxy) is 1. The van der Waals surface area contributed by atoms with Crippen LogP contribution in [0.3, 0.4) is 0 Å². The second-order valence-corrected chi connectivity index (χ2v) is 14.5. The number of phenols is 1. The fraction of sp³-hybridized carbons (Fsp3) is 0.588. The number of halogens is 1. The largest absolute Gasteiger partial charge is 0.508 e. The fourth-order valence-corrected chi connectivity index (χ4v) is 10.0. The Morgan fingerprint density at radius 3 is 2.79 bits per heavy atom. The zero-order valence-corrected chi connectivity index (χ0v) is 25.5. The van der Waals surface area contributed by atoms with Crippen LogP contribution < -0.4 is 19.9 Å². The molecule has 43 heavy (non-hydrogen) atoms. The highest BCUT2D eigenvalue weighted by Crippen LogP contribution is 2.51. The summed E-state index contributed by atoms with van der Waals surface area (Å²) in [7, 11) is 0. The van der Waals surface area contributed by atoms with Crippen molar-refractivity contribution < 1.29 is 9.84 Å². The first kappa shape index (κ1) is 26.6. The zero-order valence-electron chi connectivity index (χ0n) is 24.8. The Morgan fingerprint density at radius 2 is 1.91 bits per heavy atom. The van der Waals surface area contributed by atoms with Gasteiger partial charge in [-0.05, 0) is 81.3 Å². The molecule has 9 heteroatoms. The second kappa shape index (κ2) is 10.1. The standard InChI is InChI=1S/C34H41ClN6O2/c35-27-6-1-4-21-14-25(42)15-30(31(21)27)39-13-10-26-28(19-39)37-33(38-32(26)40-17-23-8-9-24(18-40)36-23)43-20-34-11-3-12-41(34)29-7-2-5-22(29)16-34/h1,4,6,14-15,22-24,29,36,42H,2-3,5,7-13,16-20H2. The van der Waals surface area contributed by atoms with Gasteiger partial charge >= 0.3 is 6.01 Å². The maximum atomic E-state index is 10.6. The average Bonchev–Trinajstić information content (AvgIpc) is 3.76. The number of anilines is 2. The van der Waals surface area contributed by atoms with Crippen molar-refractivity contribution in [2.24, 2.45) is 5.92 Å². The molecule has 1 aliphatic carbocycles. The monoisotopic (exact) mass is 600 g/mol. The van der Waals surface area contributed by atoms with Crippen molar-refractivity contribution in [3.8, 4) is 11.8 Å². The zero-order chi connectivity index (χ0) is 28.7. The predicted octanol–water partition coefficient (Wildman–Crippen LogP) is 5.28. The number of aromatic hydroxyl groups is 1. The van der Waals surface area contributed by atoms with Crippen molar-refractivity contribution in [3.05, 3.63) is 46.6 Å². The minimum absolute atomic E-state index is 0.145. The van der Waals surface area contributed by atoms with Crippen LogP contribution in [0.4, 0.5) is 11.5 Å². The Kier molecular flexibility index (Phi) is 6.25. The van der Waals surface area contributed by atoms with Crippen molar-refractivity contribution in [3.63, 3.8) is 0 Å². The third kappa shape index (κ3) is 4.38. The third-order valence-corrected chi connectivity index (χ3v) is 11.9. The van der Waals surface area contributed by atoms with Crippen LogP contribution in [0.2, 0.25) is 5.02 Å². The molecule has 2 aromatic carbocycles. The summed E-state index contributed by atoms with van der Waals surface area (Å²) in [5, 5.41) is 17.0. The summed E-state index contributed by atoms with van der Waals surface area (Å²) in [6.45, 7) is 5.30. The molecule has 226 valence electrons. The highest BCUT2D eigenvalue weighted by Gasteiger charge is 2.55.